The van der Waals surface area contributed by atoms with Crippen molar-refractivity contribution in [2.45, 2.75) is 39.5 Å². The van der Waals surface area contributed by atoms with Gasteiger partial charge in [0.15, 0.2) is 0 Å². The third kappa shape index (κ3) is 3.05. The Labute approximate surface area is 142 Å². The summed E-state index contributed by atoms with van der Waals surface area (Å²) in [6.07, 6.45) is 3.79. The molecule has 2 aromatic rings. The lowest BCUT2D eigenvalue weighted by Crippen LogP contribution is -2.04. The minimum Gasteiger partial charge on any atom is -0.480 e. The van der Waals surface area contributed by atoms with E-state index in [2.05, 4.69) is 47.0 Å². The Balaban J connectivity index is 2.01. The van der Waals surface area contributed by atoms with Crippen LogP contribution in [0.3, 0.4) is 0 Å². The first-order valence-corrected chi connectivity index (χ1v) is 8.40. The van der Waals surface area contributed by atoms with E-state index in [9.17, 15) is 0 Å². The van der Waals surface area contributed by atoms with Gasteiger partial charge in [-0.15, -0.1) is 5.10 Å². The maximum absolute atomic E-state index is 5.38. The summed E-state index contributed by atoms with van der Waals surface area (Å²) in [5.74, 6) is 2.46. The minimum atomic E-state index is 0.274. The van der Waals surface area contributed by atoms with Crippen LogP contribution < -0.4 is 9.47 Å². The summed E-state index contributed by atoms with van der Waals surface area (Å²) in [7, 11) is 3.11. The van der Waals surface area contributed by atoms with Gasteiger partial charge in [0.05, 0.1) is 25.5 Å². The summed E-state index contributed by atoms with van der Waals surface area (Å²) in [4.78, 5) is 8.42. The Morgan fingerprint density at radius 1 is 1.21 bits per heavy atom. The first-order valence-electron chi connectivity index (χ1n) is 8.40. The predicted molar refractivity (Wildman–Crippen MR) is 91.2 cm³/mol. The van der Waals surface area contributed by atoms with E-state index in [-0.39, 0.29) is 6.01 Å². The highest BCUT2D eigenvalue weighted by atomic mass is 16.5. The van der Waals surface area contributed by atoms with Gasteiger partial charge in [0, 0.05) is 6.20 Å². The molecule has 0 unspecified atom stereocenters. The number of aromatic nitrogens is 4. The van der Waals surface area contributed by atoms with Gasteiger partial charge in [-0.3, -0.25) is 0 Å². The van der Waals surface area contributed by atoms with Gasteiger partial charge in [0.25, 0.3) is 0 Å². The van der Waals surface area contributed by atoms with E-state index in [4.69, 9.17) is 9.47 Å². The fraction of sp³-hybridized carbons (Fsp3) is 0.556. The standard InChI is InChI=1S/C18H24N4O2/c1-6-15-13(12-7-11(12)10(2)3)8-16(22-21-15)14-9-19-18(24-5)20-17(14)23-4/h8-12H,6-7H2,1-5H3/t11-,12+/m1/s1. The molecule has 0 aromatic carbocycles. The number of methoxy groups -OCH3 is 2. The molecule has 0 amide bonds. The molecule has 128 valence electrons. The lowest BCUT2D eigenvalue weighted by atomic mass is 10.00. The zero-order valence-corrected chi connectivity index (χ0v) is 14.9. The molecule has 0 radical (unpaired) electrons. The fourth-order valence-corrected chi connectivity index (χ4v) is 3.25. The third-order valence-electron chi connectivity index (χ3n) is 4.72. The van der Waals surface area contributed by atoms with Crippen LogP contribution in [0.5, 0.6) is 11.9 Å². The van der Waals surface area contributed by atoms with Crippen LogP contribution in [0.4, 0.5) is 0 Å². The summed E-state index contributed by atoms with van der Waals surface area (Å²) in [6, 6.07) is 2.41. The van der Waals surface area contributed by atoms with Crippen molar-refractivity contribution >= 4 is 0 Å². The maximum atomic E-state index is 5.38. The van der Waals surface area contributed by atoms with Gasteiger partial charge in [0.2, 0.25) is 5.88 Å². The molecule has 6 nitrogen and oxygen atoms in total. The fourth-order valence-electron chi connectivity index (χ4n) is 3.25. The van der Waals surface area contributed by atoms with Crippen molar-refractivity contribution in [2.24, 2.45) is 11.8 Å². The SMILES string of the molecule is CCc1nnc(-c2cnc(OC)nc2OC)cc1[C@H]1C[C@@H]1C(C)C. The number of aryl methyl sites for hydroxylation is 1. The molecule has 0 saturated heterocycles. The van der Waals surface area contributed by atoms with E-state index in [0.29, 0.717) is 17.7 Å². The van der Waals surface area contributed by atoms with Gasteiger partial charge in [-0.2, -0.15) is 10.1 Å². The average Bonchev–Trinajstić information content (AvgIpc) is 3.41. The Hall–Kier alpha value is -2.24. The quantitative estimate of drug-likeness (QED) is 0.810. The van der Waals surface area contributed by atoms with Crippen molar-refractivity contribution in [3.05, 3.63) is 23.5 Å². The van der Waals surface area contributed by atoms with Crippen molar-refractivity contribution in [2.75, 3.05) is 14.2 Å². The summed E-state index contributed by atoms with van der Waals surface area (Å²) in [5, 5.41) is 8.83. The van der Waals surface area contributed by atoms with E-state index in [0.717, 1.165) is 29.3 Å². The highest BCUT2D eigenvalue weighted by molar-refractivity contribution is 5.65. The average molecular weight is 328 g/mol. The van der Waals surface area contributed by atoms with Crippen molar-refractivity contribution in [1.82, 2.24) is 20.2 Å². The Bertz CT molecular complexity index is 733. The second-order valence-corrected chi connectivity index (χ2v) is 6.51. The molecule has 1 fully saturated rings. The monoisotopic (exact) mass is 328 g/mol. The minimum absolute atomic E-state index is 0.274. The van der Waals surface area contributed by atoms with Crippen molar-refractivity contribution in [1.29, 1.82) is 0 Å². The molecule has 2 atom stereocenters. The van der Waals surface area contributed by atoms with Gasteiger partial charge < -0.3 is 9.47 Å². The number of ether oxygens (including phenoxy) is 2. The zero-order valence-electron chi connectivity index (χ0n) is 14.9. The molecule has 0 aliphatic heterocycles. The van der Waals surface area contributed by atoms with E-state index in [1.165, 1.54) is 19.1 Å². The molecule has 1 saturated carbocycles. The Morgan fingerprint density at radius 3 is 2.58 bits per heavy atom. The molecule has 6 heteroatoms. The molecule has 0 N–H and O–H groups in total. The first kappa shape index (κ1) is 16.6. The second-order valence-electron chi connectivity index (χ2n) is 6.51. The first-order chi connectivity index (χ1) is 11.6. The van der Waals surface area contributed by atoms with Crippen molar-refractivity contribution < 1.29 is 9.47 Å². The van der Waals surface area contributed by atoms with Gasteiger partial charge in [-0.25, -0.2) is 4.98 Å². The Morgan fingerprint density at radius 2 is 2.00 bits per heavy atom. The van der Waals surface area contributed by atoms with Crippen LogP contribution >= 0.6 is 0 Å². The van der Waals surface area contributed by atoms with E-state index in [1.54, 1.807) is 13.3 Å². The molecule has 24 heavy (non-hydrogen) atoms. The highest BCUT2D eigenvalue weighted by Crippen LogP contribution is 2.52. The number of hydrogen-bond acceptors (Lipinski definition) is 6. The van der Waals surface area contributed by atoms with E-state index < -0.39 is 0 Å². The number of nitrogens with zero attached hydrogens (tertiary/aromatic N) is 4. The lowest BCUT2D eigenvalue weighted by molar-refractivity contribution is 0.353. The molecule has 0 spiro atoms. The highest BCUT2D eigenvalue weighted by Gasteiger charge is 2.41. The second kappa shape index (κ2) is 6.71. The zero-order chi connectivity index (χ0) is 17.3. The molecular formula is C18H24N4O2. The largest absolute Gasteiger partial charge is 0.480 e. The molecule has 1 aliphatic carbocycles. The van der Waals surface area contributed by atoms with E-state index in [1.807, 2.05) is 0 Å². The van der Waals surface area contributed by atoms with Crippen LogP contribution in [-0.2, 0) is 6.42 Å². The summed E-state index contributed by atoms with van der Waals surface area (Å²) < 4.78 is 10.4. The summed E-state index contributed by atoms with van der Waals surface area (Å²) in [5.41, 5.74) is 3.87. The molecule has 2 aromatic heterocycles. The van der Waals surface area contributed by atoms with Gasteiger partial charge >= 0.3 is 6.01 Å². The lowest BCUT2D eigenvalue weighted by Gasteiger charge is -2.11. The van der Waals surface area contributed by atoms with Gasteiger partial charge in [-0.1, -0.05) is 20.8 Å². The van der Waals surface area contributed by atoms with E-state index >= 15 is 0 Å². The smallest absolute Gasteiger partial charge is 0.319 e. The number of rotatable bonds is 6. The molecule has 2 heterocycles. The number of hydrogen-bond donors (Lipinski definition) is 0. The van der Waals surface area contributed by atoms with Crippen LogP contribution in [0.2, 0.25) is 0 Å². The van der Waals surface area contributed by atoms with Gasteiger partial charge in [-0.05, 0) is 42.2 Å². The van der Waals surface area contributed by atoms with Crippen LogP contribution in [0.1, 0.15) is 44.4 Å². The molecule has 0 bridgehead atoms. The van der Waals surface area contributed by atoms with Crippen molar-refractivity contribution in [3.8, 4) is 23.1 Å². The maximum Gasteiger partial charge on any atom is 0.319 e. The molecule has 1 aliphatic rings. The van der Waals surface area contributed by atoms with Crippen LogP contribution in [0, 0.1) is 11.8 Å². The van der Waals surface area contributed by atoms with Crippen LogP contribution in [-0.4, -0.2) is 34.4 Å². The van der Waals surface area contributed by atoms with Gasteiger partial charge in [0.1, 0.15) is 5.69 Å². The Kier molecular flexibility index (Phi) is 4.64. The third-order valence-corrected chi connectivity index (χ3v) is 4.72. The summed E-state index contributed by atoms with van der Waals surface area (Å²) in [6.45, 7) is 6.69. The molecule has 3 rings (SSSR count). The normalized spacial score (nSPS) is 19.4. The van der Waals surface area contributed by atoms with Crippen LogP contribution in [0.25, 0.3) is 11.3 Å². The predicted octanol–water partition coefficient (Wildman–Crippen LogP) is 3.27. The van der Waals surface area contributed by atoms with Crippen LogP contribution in [0.15, 0.2) is 12.3 Å². The van der Waals surface area contributed by atoms with Crippen molar-refractivity contribution in [3.63, 3.8) is 0 Å². The summed E-state index contributed by atoms with van der Waals surface area (Å²) >= 11 is 0. The topological polar surface area (TPSA) is 70.0 Å². The molecular weight excluding hydrogens is 304 g/mol.